The summed E-state index contributed by atoms with van der Waals surface area (Å²) in [5.41, 5.74) is 5.48. The van der Waals surface area contributed by atoms with E-state index in [1.54, 1.807) is 0 Å². The maximum Gasteiger partial charge on any atom is 0.322 e. The topological polar surface area (TPSA) is 52.3 Å². The van der Waals surface area contributed by atoms with Gasteiger partial charge in [0.15, 0.2) is 0 Å². The summed E-state index contributed by atoms with van der Waals surface area (Å²) in [5, 5.41) is 0.712. The van der Waals surface area contributed by atoms with Crippen LogP contribution < -0.4 is 5.73 Å². The number of carbonyl (C=O) groups is 1. The van der Waals surface area contributed by atoms with Gasteiger partial charge in [-0.25, -0.2) is 0 Å². The molecule has 2 atom stereocenters. The number of nitrogens with two attached hydrogens (primary N) is 1. The fourth-order valence-electron chi connectivity index (χ4n) is 0.464. The van der Waals surface area contributed by atoms with Crippen LogP contribution in [-0.4, -0.2) is 24.5 Å². The van der Waals surface area contributed by atoms with Gasteiger partial charge in [-0.1, -0.05) is 22.9 Å². The molecule has 0 aromatic rings. The first-order chi connectivity index (χ1) is 4.63. The van der Waals surface area contributed by atoms with Crippen LogP contribution in [0.1, 0.15) is 6.92 Å². The van der Waals surface area contributed by atoms with Crippen LogP contribution >= 0.6 is 15.9 Å². The number of hydrogen-bond donors (Lipinski definition) is 1. The Morgan fingerprint density at radius 1 is 1.80 bits per heavy atom. The molecule has 4 heteroatoms. The number of ether oxygens (including phenoxy) is 1. The highest BCUT2D eigenvalue weighted by Crippen LogP contribution is 2.05. The van der Waals surface area contributed by atoms with Gasteiger partial charge in [-0.05, 0) is 5.92 Å². The zero-order chi connectivity index (χ0) is 8.15. The molecule has 0 aromatic heterocycles. The minimum atomic E-state index is -0.510. The van der Waals surface area contributed by atoms with Crippen LogP contribution in [0.2, 0.25) is 0 Å². The zero-order valence-electron chi connectivity index (χ0n) is 6.13. The van der Waals surface area contributed by atoms with E-state index in [4.69, 9.17) is 5.73 Å². The second-order valence-corrected chi connectivity index (χ2v) is 2.83. The second kappa shape index (κ2) is 4.68. The Labute approximate surface area is 69.0 Å². The smallest absolute Gasteiger partial charge is 0.322 e. The summed E-state index contributed by atoms with van der Waals surface area (Å²) in [4.78, 5) is 10.7. The number of carbonyl (C=O) groups excluding carboxylic acids is 1. The summed E-state index contributed by atoms with van der Waals surface area (Å²) < 4.78 is 4.45. The van der Waals surface area contributed by atoms with Crippen LogP contribution in [-0.2, 0) is 9.53 Å². The third-order valence-electron chi connectivity index (χ3n) is 1.33. The molecule has 0 spiro atoms. The Bertz CT molecular complexity index is 118. The van der Waals surface area contributed by atoms with Gasteiger partial charge in [0.25, 0.3) is 0 Å². The van der Waals surface area contributed by atoms with Crippen molar-refractivity contribution in [2.24, 2.45) is 11.7 Å². The van der Waals surface area contributed by atoms with E-state index in [1.807, 2.05) is 6.92 Å². The predicted octanol–water partition coefficient (Wildman–Crippen LogP) is 0.518. The highest BCUT2D eigenvalue weighted by atomic mass is 79.9. The van der Waals surface area contributed by atoms with Gasteiger partial charge in [0.1, 0.15) is 6.04 Å². The van der Waals surface area contributed by atoms with Gasteiger partial charge in [-0.15, -0.1) is 0 Å². The van der Waals surface area contributed by atoms with Gasteiger partial charge in [0.2, 0.25) is 0 Å². The molecule has 0 saturated carbocycles. The number of methoxy groups -OCH3 is 1. The zero-order valence-corrected chi connectivity index (χ0v) is 7.72. The van der Waals surface area contributed by atoms with E-state index in [0.29, 0.717) is 5.33 Å². The van der Waals surface area contributed by atoms with E-state index in [-0.39, 0.29) is 11.9 Å². The van der Waals surface area contributed by atoms with Crippen molar-refractivity contribution in [3.8, 4) is 0 Å². The number of hydrogen-bond acceptors (Lipinski definition) is 3. The Morgan fingerprint density at radius 2 is 2.30 bits per heavy atom. The van der Waals surface area contributed by atoms with Gasteiger partial charge in [-0.3, -0.25) is 4.79 Å². The highest BCUT2D eigenvalue weighted by Gasteiger charge is 2.19. The summed E-state index contributed by atoms with van der Waals surface area (Å²) in [6, 6.07) is -0.510. The first-order valence-corrected chi connectivity index (χ1v) is 4.15. The summed E-state index contributed by atoms with van der Waals surface area (Å²) in [6.45, 7) is 1.89. The molecule has 1 unspecified atom stereocenters. The summed E-state index contributed by atoms with van der Waals surface area (Å²) in [7, 11) is 1.34. The van der Waals surface area contributed by atoms with Gasteiger partial charge >= 0.3 is 5.97 Å². The lowest BCUT2D eigenvalue weighted by Gasteiger charge is -2.13. The van der Waals surface area contributed by atoms with E-state index < -0.39 is 6.04 Å². The van der Waals surface area contributed by atoms with Crippen LogP contribution in [0.25, 0.3) is 0 Å². The van der Waals surface area contributed by atoms with E-state index in [9.17, 15) is 4.79 Å². The van der Waals surface area contributed by atoms with E-state index in [0.717, 1.165) is 0 Å². The average Bonchev–Trinajstić information content (AvgIpc) is 2.00. The minimum Gasteiger partial charge on any atom is -0.468 e. The van der Waals surface area contributed by atoms with Crippen molar-refractivity contribution in [1.82, 2.24) is 0 Å². The van der Waals surface area contributed by atoms with Crippen molar-refractivity contribution >= 4 is 21.9 Å². The van der Waals surface area contributed by atoms with Gasteiger partial charge < -0.3 is 10.5 Å². The quantitative estimate of drug-likeness (QED) is 0.545. The first kappa shape index (κ1) is 9.91. The van der Waals surface area contributed by atoms with E-state index in [2.05, 4.69) is 20.7 Å². The maximum absolute atomic E-state index is 10.7. The van der Waals surface area contributed by atoms with Crippen LogP contribution in [0.5, 0.6) is 0 Å². The van der Waals surface area contributed by atoms with Crippen molar-refractivity contribution < 1.29 is 9.53 Å². The molecule has 60 valence electrons. The van der Waals surface area contributed by atoms with Crippen molar-refractivity contribution in [1.29, 1.82) is 0 Å². The Kier molecular flexibility index (Phi) is 4.64. The molecule has 0 bridgehead atoms. The molecule has 0 rings (SSSR count). The third kappa shape index (κ3) is 2.66. The summed E-state index contributed by atoms with van der Waals surface area (Å²) >= 11 is 3.23. The van der Waals surface area contributed by atoms with Crippen LogP contribution in [0.15, 0.2) is 0 Å². The largest absolute Gasteiger partial charge is 0.468 e. The van der Waals surface area contributed by atoms with E-state index >= 15 is 0 Å². The molecule has 0 aliphatic heterocycles. The molecule has 0 amide bonds. The molecular weight excluding hydrogens is 198 g/mol. The van der Waals surface area contributed by atoms with Crippen molar-refractivity contribution in [2.75, 3.05) is 12.4 Å². The molecule has 0 heterocycles. The fourth-order valence-corrected chi connectivity index (χ4v) is 0.867. The summed E-state index contributed by atoms with van der Waals surface area (Å²) in [6.07, 6.45) is 0. The van der Waals surface area contributed by atoms with E-state index in [1.165, 1.54) is 7.11 Å². The molecule has 0 saturated heterocycles. The van der Waals surface area contributed by atoms with Crippen LogP contribution in [0.3, 0.4) is 0 Å². The van der Waals surface area contributed by atoms with Crippen molar-refractivity contribution in [3.05, 3.63) is 0 Å². The SMILES string of the molecule is COC(=O)[C@@H](N)C(C)CBr. The lowest BCUT2D eigenvalue weighted by molar-refractivity contribution is -0.143. The standard InChI is InChI=1S/C6H12BrNO2/c1-4(3-7)5(8)6(9)10-2/h4-5H,3,8H2,1-2H3/t4?,5-/m0/s1. The first-order valence-electron chi connectivity index (χ1n) is 3.02. The number of alkyl halides is 1. The number of esters is 1. The second-order valence-electron chi connectivity index (χ2n) is 2.18. The average molecular weight is 210 g/mol. The third-order valence-corrected chi connectivity index (χ3v) is 2.35. The minimum absolute atomic E-state index is 0.118. The molecule has 0 aliphatic rings. The lowest BCUT2D eigenvalue weighted by Crippen LogP contribution is -2.38. The van der Waals surface area contributed by atoms with Crippen molar-refractivity contribution in [2.45, 2.75) is 13.0 Å². The number of rotatable bonds is 3. The Balaban J connectivity index is 3.81. The van der Waals surface area contributed by atoms with Gasteiger partial charge in [0, 0.05) is 5.33 Å². The molecule has 3 nitrogen and oxygen atoms in total. The molecule has 2 N–H and O–H groups in total. The molecule has 0 radical (unpaired) electrons. The molecular formula is C6H12BrNO2. The van der Waals surface area contributed by atoms with Crippen molar-refractivity contribution in [3.63, 3.8) is 0 Å². The molecule has 0 fully saturated rings. The fraction of sp³-hybridized carbons (Fsp3) is 0.833. The Hall–Kier alpha value is -0.0900. The lowest BCUT2D eigenvalue weighted by atomic mass is 10.1. The number of halogens is 1. The van der Waals surface area contributed by atoms with Crippen LogP contribution in [0.4, 0.5) is 0 Å². The summed E-state index contributed by atoms with van der Waals surface area (Å²) in [5.74, 6) is -0.237. The monoisotopic (exact) mass is 209 g/mol. The van der Waals surface area contributed by atoms with Gasteiger partial charge in [-0.2, -0.15) is 0 Å². The predicted molar refractivity (Wildman–Crippen MR) is 42.9 cm³/mol. The maximum atomic E-state index is 10.7. The van der Waals surface area contributed by atoms with Crippen LogP contribution in [0, 0.1) is 5.92 Å². The Morgan fingerprint density at radius 3 is 2.60 bits per heavy atom. The molecule has 0 aromatic carbocycles. The normalized spacial score (nSPS) is 16.0. The van der Waals surface area contributed by atoms with Gasteiger partial charge in [0.05, 0.1) is 7.11 Å². The molecule has 0 aliphatic carbocycles. The highest BCUT2D eigenvalue weighted by molar-refractivity contribution is 9.09. The molecule has 10 heavy (non-hydrogen) atoms.